The van der Waals surface area contributed by atoms with Crippen molar-refractivity contribution >= 4 is 25.0 Å². The van der Waals surface area contributed by atoms with E-state index in [2.05, 4.69) is 99.7 Å². The first kappa shape index (κ1) is 50.0. The van der Waals surface area contributed by atoms with Crippen molar-refractivity contribution in [1.82, 2.24) is 0 Å². The summed E-state index contributed by atoms with van der Waals surface area (Å²) in [5.74, 6) is 0. The molecule has 0 heterocycles. The van der Waals surface area contributed by atoms with Crippen LogP contribution in [0.5, 0.6) is 0 Å². The topological polar surface area (TPSA) is 86.6 Å². The molecule has 0 saturated carbocycles. The first-order valence-corrected chi connectivity index (χ1v) is 29.7. The highest BCUT2D eigenvalue weighted by molar-refractivity contribution is 6.74. The van der Waals surface area contributed by atoms with E-state index in [4.69, 9.17) is 22.8 Å². The van der Waals surface area contributed by atoms with E-state index in [-0.39, 0.29) is 29.8 Å². The molecule has 0 spiro atoms. The zero-order valence-corrected chi connectivity index (χ0v) is 39.9. The van der Waals surface area contributed by atoms with Gasteiger partial charge in [0.25, 0.3) is 0 Å². The molecule has 316 valence electrons. The van der Waals surface area contributed by atoms with E-state index in [1.807, 2.05) is 36.4 Å². The van der Waals surface area contributed by atoms with Crippen LogP contribution in [0.2, 0.25) is 54.4 Å². The Kier molecular flexibility index (Phi) is 23.0. The van der Waals surface area contributed by atoms with E-state index in [0.717, 1.165) is 54.7 Å². The fraction of sp³-hybridized carbons (Fsp3) is 0.733. The molecule has 2 aromatic rings. The maximum atomic E-state index is 11.7. The maximum absolute atomic E-state index is 11.7. The van der Waals surface area contributed by atoms with Gasteiger partial charge in [-0.25, -0.2) is 0 Å². The second-order valence-electron chi connectivity index (χ2n) is 17.4. The molecule has 2 N–H and O–H groups in total. The molecule has 2 aromatic carbocycles. The van der Waals surface area contributed by atoms with Crippen molar-refractivity contribution in [3.8, 4) is 0 Å². The summed E-state index contributed by atoms with van der Waals surface area (Å²) in [6, 6.07) is 26.9. The Morgan fingerprint density at radius 2 is 0.873 bits per heavy atom. The van der Waals surface area contributed by atoms with E-state index in [9.17, 15) is 10.2 Å². The van der Waals surface area contributed by atoms with Crippen molar-refractivity contribution in [1.29, 1.82) is 0 Å². The molecule has 10 heteroatoms. The fourth-order valence-electron chi connectivity index (χ4n) is 7.31. The summed E-state index contributed by atoms with van der Waals surface area (Å²) in [6.07, 6.45) is 1.66. The number of aliphatic hydroxyl groups is 2. The standard InChI is InChI=1S/C45H82O7Si3/c1-12-54(13-2,14-3)51-42(28-30-48-36-38-24-20-18-21-25-38)33-40(46)32-41(47)34-44(50-53(10,11)45(7,8)9)35-43(52-55(15-4,16-5)17-6)29-31-49-37-39-26-22-19-23-27-39/h18-27,40-44,46-47H,12-17,28-37H2,1-11H3/t40-,41-,42+,43+,44+/m1/s1. The Labute approximate surface area is 340 Å². The first-order chi connectivity index (χ1) is 26.1. The van der Waals surface area contributed by atoms with Gasteiger partial charge in [0, 0.05) is 31.5 Å². The molecule has 55 heavy (non-hydrogen) atoms. The number of rotatable bonds is 30. The lowest BCUT2D eigenvalue weighted by Gasteiger charge is -2.41. The average Bonchev–Trinajstić information content (AvgIpc) is 3.16. The van der Waals surface area contributed by atoms with Crippen molar-refractivity contribution in [3.05, 3.63) is 71.8 Å². The van der Waals surface area contributed by atoms with Crippen LogP contribution < -0.4 is 0 Å². The highest BCUT2D eigenvalue weighted by atomic mass is 28.4. The van der Waals surface area contributed by atoms with Crippen LogP contribution in [0.1, 0.15) is 112 Å². The van der Waals surface area contributed by atoms with Crippen LogP contribution in [0.3, 0.4) is 0 Å². The van der Waals surface area contributed by atoms with Crippen molar-refractivity contribution in [3.63, 3.8) is 0 Å². The van der Waals surface area contributed by atoms with Crippen LogP contribution in [-0.4, -0.2) is 78.9 Å². The normalized spacial score (nSPS) is 15.8. The smallest absolute Gasteiger partial charge is 0.192 e. The Morgan fingerprint density at radius 3 is 1.24 bits per heavy atom. The van der Waals surface area contributed by atoms with Gasteiger partial charge in [-0.2, -0.15) is 0 Å². The number of aliphatic hydroxyl groups excluding tert-OH is 2. The Morgan fingerprint density at radius 1 is 0.509 bits per heavy atom. The van der Waals surface area contributed by atoms with Crippen molar-refractivity contribution in [2.75, 3.05) is 13.2 Å². The van der Waals surface area contributed by atoms with E-state index in [0.29, 0.717) is 45.7 Å². The Hall–Kier alpha value is -1.19. The van der Waals surface area contributed by atoms with E-state index >= 15 is 0 Å². The van der Waals surface area contributed by atoms with Gasteiger partial charge in [0.2, 0.25) is 0 Å². The highest BCUT2D eigenvalue weighted by Crippen LogP contribution is 2.39. The number of hydrogen-bond donors (Lipinski definition) is 2. The van der Waals surface area contributed by atoms with Crippen LogP contribution >= 0.6 is 0 Å². The number of benzene rings is 2. The molecule has 0 bridgehead atoms. The second kappa shape index (κ2) is 25.3. The summed E-state index contributed by atoms with van der Waals surface area (Å²) in [5.41, 5.74) is 2.32. The third-order valence-corrected chi connectivity index (χ3v) is 26.4. The van der Waals surface area contributed by atoms with Gasteiger partial charge in [-0.1, -0.05) is 123 Å². The van der Waals surface area contributed by atoms with E-state index < -0.39 is 37.2 Å². The van der Waals surface area contributed by atoms with Gasteiger partial charge in [-0.3, -0.25) is 0 Å². The van der Waals surface area contributed by atoms with Crippen LogP contribution in [0.25, 0.3) is 0 Å². The molecular weight excluding hydrogens is 737 g/mol. The molecule has 0 aliphatic heterocycles. The van der Waals surface area contributed by atoms with Crippen molar-refractivity contribution in [2.45, 2.75) is 199 Å². The largest absolute Gasteiger partial charge is 0.414 e. The number of ether oxygens (including phenoxy) is 2. The third-order valence-electron chi connectivity index (χ3n) is 12.5. The molecule has 0 aromatic heterocycles. The van der Waals surface area contributed by atoms with Gasteiger partial charge in [-0.05, 0) is 104 Å². The van der Waals surface area contributed by atoms with Crippen LogP contribution in [0.4, 0.5) is 0 Å². The second-order valence-corrected chi connectivity index (χ2v) is 31.6. The van der Waals surface area contributed by atoms with Gasteiger partial charge in [-0.15, -0.1) is 0 Å². The molecule has 7 nitrogen and oxygen atoms in total. The highest BCUT2D eigenvalue weighted by Gasteiger charge is 2.41. The average molecular weight is 819 g/mol. The molecular formula is C45H82O7Si3. The lowest BCUT2D eigenvalue weighted by molar-refractivity contribution is 0.00331. The van der Waals surface area contributed by atoms with Gasteiger partial charge < -0.3 is 33.0 Å². The Bertz CT molecular complexity index is 1240. The summed E-state index contributed by atoms with van der Waals surface area (Å²) in [4.78, 5) is 0. The summed E-state index contributed by atoms with van der Waals surface area (Å²) in [5, 5.41) is 23.3. The molecule has 5 atom stereocenters. The fourth-order valence-corrected chi connectivity index (χ4v) is 14.5. The minimum atomic E-state index is -2.19. The van der Waals surface area contributed by atoms with E-state index in [1.165, 1.54) is 5.56 Å². The van der Waals surface area contributed by atoms with Gasteiger partial charge in [0.05, 0.1) is 25.4 Å². The minimum Gasteiger partial charge on any atom is -0.414 e. The lowest BCUT2D eigenvalue weighted by atomic mass is 9.98. The summed E-state index contributed by atoms with van der Waals surface area (Å²) in [7, 11) is -6.06. The molecule has 0 aliphatic carbocycles. The number of hydrogen-bond acceptors (Lipinski definition) is 7. The minimum absolute atomic E-state index is 0.0149. The Balaban J connectivity index is 2.21. The van der Waals surface area contributed by atoms with Gasteiger partial charge in [0.1, 0.15) is 0 Å². The predicted molar refractivity (Wildman–Crippen MR) is 238 cm³/mol. The zero-order chi connectivity index (χ0) is 41.0. The summed E-state index contributed by atoms with van der Waals surface area (Å²) in [6.45, 7) is 27.2. The molecule has 0 amide bonds. The molecule has 0 fully saturated rings. The molecule has 0 radical (unpaired) electrons. The van der Waals surface area contributed by atoms with Crippen molar-refractivity contribution < 1.29 is 33.0 Å². The monoisotopic (exact) mass is 819 g/mol. The summed E-state index contributed by atoms with van der Waals surface area (Å²) >= 11 is 0. The predicted octanol–water partition coefficient (Wildman–Crippen LogP) is 11.7. The first-order valence-electron chi connectivity index (χ1n) is 21.7. The lowest BCUT2D eigenvalue weighted by Crippen LogP contribution is -2.47. The molecule has 0 aliphatic rings. The molecule has 0 unspecified atom stereocenters. The van der Waals surface area contributed by atoms with Crippen LogP contribution in [0.15, 0.2) is 60.7 Å². The van der Waals surface area contributed by atoms with Gasteiger partial charge >= 0.3 is 0 Å². The quantitative estimate of drug-likeness (QED) is 0.0600. The van der Waals surface area contributed by atoms with E-state index in [1.54, 1.807) is 0 Å². The van der Waals surface area contributed by atoms with Crippen LogP contribution in [-0.2, 0) is 36.0 Å². The third kappa shape index (κ3) is 18.1. The van der Waals surface area contributed by atoms with Crippen molar-refractivity contribution in [2.24, 2.45) is 0 Å². The molecule has 2 rings (SSSR count). The maximum Gasteiger partial charge on any atom is 0.192 e. The van der Waals surface area contributed by atoms with Crippen LogP contribution in [0, 0.1) is 0 Å². The SMILES string of the molecule is CC[Si](CC)(CC)O[C@@H](CCOCc1ccccc1)C[C@H](O)C[C@@H](O)C[C@@H](C[C@H](CCOCc1ccccc1)O[Si](CC)(CC)CC)O[Si](C)(C)C(C)(C)C. The molecule has 0 saturated heterocycles. The summed E-state index contributed by atoms with van der Waals surface area (Å²) < 4.78 is 33.5. The zero-order valence-electron chi connectivity index (χ0n) is 36.9. The van der Waals surface area contributed by atoms with Gasteiger partial charge in [0.15, 0.2) is 25.0 Å².